The van der Waals surface area contributed by atoms with E-state index in [1.54, 1.807) is 0 Å². The third-order valence-corrected chi connectivity index (χ3v) is 3.47. The zero-order valence-corrected chi connectivity index (χ0v) is 10.2. The van der Waals surface area contributed by atoms with Crippen LogP contribution in [0.1, 0.15) is 30.2 Å². The van der Waals surface area contributed by atoms with Gasteiger partial charge in [-0.1, -0.05) is 0 Å². The molecule has 1 aliphatic heterocycles. The lowest BCUT2D eigenvalue weighted by molar-refractivity contribution is 0.166. The fourth-order valence-electron chi connectivity index (χ4n) is 2.18. The second-order valence-corrected chi connectivity index (χ2v) is 4.70. The molecule has 0 unspecified atom stereocenters. The highest BCUT2D eigenvalue weighted by Gasteiger charge is 2.19. The lowest BCUT2D eigenvalue weighted by Gasteiger charge is -2.30. The van der Waals surface area contributed by atoms with Crippen LogP contribution in [0.15, 0.2) is 4.42 Å². The first-order valence-corrected chi connectivity index (χ1v) is 6.04. The van der Waals surface area contributed by atoms with Crippen molar-refractivity contribution in [3.63, 3.8) is 0 Å². The molecule has 1 fully saturated rings. The molecular formula is C12H21N3O. The van der Waals surface area contributed by atoms with Gasteiger partial charge in [0.15, 0.2) is 0 Å². The van der Waals surface area contributed by atoms with E-state index in [2.05, 4.69) is 9.88 Å². The Labute approximate surface area is 96.8 Å². The number of rotatable bonds is 3. The zero-order chi connectivity index (χ0) is 11.5. The van der Waals surface area contributed by atoms with Gasteiger partial charge in [-0.05, 0) is 52.2 Å². The molecule has 0 aliphatic carbocycles. The van der Waals surface area contributed by atoms with Gasteiger partial charge in [-0.2, -0.15) is 0 Å². The molecule has 90 valence electrons. The average molecular weight is 223 g/mol. The number of aromatic nitrogens is 1. The quantitative estimate of drug-likeness (QED) is 0.843. The Morgan fingerprint density at radius 1 is 1.38 bits per heavy atom. The van der Waals surface area contributed by atoms with Crippen molar-refractivity contribution in [2.45, 2.75) is 33.2 Å². The maximum Gasteiger partial charge on any atom is 0.208 e. The van der Waals surface area contributed by atoms with Gasteiger partial charge in [-0.15, -0.1) is 0 Å². The van der Waals surface area contributed by atoms with Gasteiger partial charge in [0.1, 0.15) is 5.76 Å². The summed E-state index contributed by atoms with van der Waals surface area (Å²) in [5, 5.41) is 0. The summed E-state index contributed by atoms with van der Waals surface area (Å²) in [4.78, 5) is 6.81. The molecule has 0 spiro atoms. The van der Waals surface area contributed by atoms with E-state index in [4.69, 9.17) is 10.2 Å². The van der Waals surface area contributed by atoms with Crippen molar-refractivity contribution < 1.29 is 4.42 Å². The van der Waals surface area contributed by atoms with E-state index in [9.17, 15) is 0 Å². The molecular weight excluding hydrogens is 202 g/mol. The van der Waals surface area contributed by atoms with E-state index in [1.807, 2.05) is 13.8 Å². The maximum atomic E-state index is 5.68. The normalized spacial score (nSPS) is 19.2. The number of nitrogens with zero attached hydrogens (tertiary/aromatic N) is 2. The highest BCUT2D eigenvalue weighted by Crippen LogP contribution is 2.18. The van der Waals surface area contributed by atoms with Crippen LogP contribution in [0.2, 0.25) is 0 Å². The summed E-state index contributed by atoms with van der Waals surface area (Å²) in [5.41, 5.74) is 6.68. The fraction of sp³-hybridized carbons (Fsp3) is 0.750. The van der Waals surface area contributed by atoms with Crippen molar-refractivity contribution in [2.24, 2.45) is 11.7 Å². The van der Waals surface area contributed by atoms with Crippen LogP contribution < -0.4 is 5.73 Å². The van der Waals surface area contributed by atoms with Crippen LogP contribution in [0.4, 0.5) is 0 Å². The van der Waals surface area contributed by atoms with E-state index < -0.39 is 0 Å². The first kappa shape index (κ1) is 11.6. The molecule has 4 nitrogen and oxygen atoms in total. The van der Waals surface area contributed by atoms with Gasteiger partial charge in [-0.25, -0.2) is 4.98 Å². The molecule has 1 aliphatic rings. The van der Waals surface area contributed by atoms with E-state index in [0.717, 1.165) is 43.5 Å². The highest BCUT2D eigenvalue weighted by atomic mass is 16.4. The second-order valence-electron chi connectivity index (χ2n) is 4.70. The van der Waals surface area contributed by atoms with Crippen molar-refractivity contribution in [2.75, 3.05) is 19.6 Å². The van der Waals surface area contributed by atoms with Gasteiger partial charge >= 0.3 is 0 Å². The molecule has 2 heterocycles. The summed E-state index contributed by atoms with van der Waals surface area (Å²) in [6, 6.07) is 0. The van der Waals surface area contributed by atoms with Crippen molar-refractivity contribution in [1.29, 1.82) is 0 Å². The maximum absolute atomic E-state index is 5.68. The Balaban J connectivity index is 1.87. The minimum atomic E-state index is 0.712. The van der Waals surface area contributed by atoms with Crippen LogP contribution in [-0.4, -0.2) is 29.5 Å². The predicted octanol–water partition coefficient (Wildman–Crippen LogP) is 1.46. The number of nitrogens with two attached hydrogens (primary N) is 1. The summed E-state index contributed by atoms with van der Waals surface area (Å²) in [7, 11) is 0. The van der Waals surface area contributed by atoms with Gasteiger partial charge in [0.2, 0.25) is 5.89 Å². The SMILES string of the molecule is Cc1nc(CN2CCC(CN)CC2)oc1C. The van der Waals surface area contributed by atoms with Crippen LogP contribution in [0.5, 0.6) is 0 Å². The number of likely N-dealkylation sites (tertiary alicyclic amines) is 1. The highest BCUT2D eigenvalue weighted by molar-refractivity contribution is 5.05. The summed E-state index contributed by atoms with van der Waals surface area (Å²) < 4.78 is 5.59. The minimum Gasteiger partial charge on any atom is -0.444 e. The van der Waals surface area contributed by atoms with Crippen LogP contribution in [-0.2, 0) is 6.54 Å². The monoisotopic (exact) mass is 223 g/mol. The largest absolute Gasteiger partial charge is 0.444 e. The average Bonchev–Trinajstić information content (AvgIpc) is 2.59. The van der Waals surface area contributed by atoms with Crippen LogP contribution in [0, 0.1) is 19.8 Å². The van der Waals surface area contributed by atoms with Gasteiger partial charge in [0.25, 0.3) is 0 Å². The molecule has 0 saturated carbocycles. The first-order chi connectivity index (χ1) is 7.69. The molecule has 1 saturated heterocycles. The van der Waals surface area contributed by atoms with Crippen molar-refractivity contribution in [3.8, 4) is 0 Å². The van der Waals surface area contributed by atoms with Gasteiger partial charge in [0.05, 0.1) is 12.2 Å². The molecule has 0 amide bonds. The summed E-state index contributed by atoms with van der Waals surface area (Å²) in [6.07, 6.45) is 2.41. The van der Waals surface area contributed by atoms with Gasteiger partial charge in [0, 0.05) is 0 Å². The van der Waals surface area contributed by atoms with Crippen molar-refractivity contribution >= 4 is 0 Å². The Hall–Kier alpha value is -0.870. The Morgan fingerprint density at radius 3 is 2.56 bits per heavy atom. The van der Waals surface area contributed by atoms with Crippen molar-refractivity contribution in [3.05, 3.63) is 17.3 Å². The molecule has 16 heavy (non-hydrogen) atoms. The minimum absolute atomic E-state index is 0.712. The third-order valence-electron chi connectivity index (χ3n) is 3.47. The number of hydrogen-bond acceptors (Lipinski definition) is 4. The molecule has 1 aromatic heterocycles. The number of piperidine rings is 1. The van der Waals surface area contributed by atoms with E-state index >= 15 is 0 Å². The molecule has 2 rings (SSSR count). The van der Waals surface area contributed by atoms with Crippen molar-refractivity contribution in [1.82, 2.24) is 9.88 Å². The molecule has 0 radical (unpaired) electrons. The molecule has 4 heteroatoms. The number of aryl methyl sites for hydroxylation is 2. The molecule has 0 aromatic carbocycles. The summed E-state index contributed by atoms with van der Waals surface area (Å²) in [5.74, 6) is 2.50. The summed E-state index contributed by atoms with van der Waals surface area (Å²) in [6.45, 7) is 7.84. The molecule has 0 atom stereocenters. The first-order valence-electron chi connectivity index (χ1n) is 6.04. The Kier molecular flexibility index (Phi) is 3.61. The topological polar surface area (TPSA) is 55.3 Å². The zero-order valence-electron chi connectivity index (χ0n) is 10.2. The van der Waals surface area contributed by atoms with Gasteiger partial charge < -0.3 is 10.2 Å². The van der Waals surface area contributed by atoms with E-state index in [0.29, 0.717) is 5.92 Å². The third kappa shape index (κ3) is 2.62. The van der Waals surface area contributed by atoms with E-state index in [-0.39, 0.29) is 0 Å². The fourth-order valence-corrected chi connectivity index (χ4v) is 2.18. The standard InChI is InChI=1S/C12H21N3O/c1-9-10(2)16-12(14-9)8-15-5-3-11(7-13)4-6-15/h11H,3-8,13H2,1-2H3. The Morgan fingerprint density at radius 2 is 2.06 bits per heavy atom. The summed E-state index contributed by atoms with van der Waals surface area (Å²) >= 11 is 0. The van der Waals surface area contributed by atoms with Crippen LogP contribution in [0.3, 0.4) is 0 Å². The van der Waals surface area contributed by atoms with Crippen LogP contribution >= 0.6 is 0 Å². The van der Waals surface area contributed by atoms with Gasteiger partial charge in [-0.3, -0.25) is 4.90 Å². The molecule has 0 bridgehead atoms. The number of hydrogen-bond donors (Lipinski definition) is 1. The Bertz CT molecular complexity index is 321. The number of oxazole rings is 1. The van der Waals surface area contributed by atoms with E-state index in [1.165, 1.54) is 12.8 Å². The lowest BCUT2D eigenvalue weighted by Crippen LogP contribution is -2.35. The second kappa shape index (κ2) is 4.97. The predicted molar refractivity (Wildman–Crippen MR) is 63.0 cm³/mol. The molecule has 2 N–H and O–H groups in total. The molecule has 1 aromatic rings. The van der Waals surface area contributed by atoms with Crippen LogP contribution in [0.25, 0.3) is 0 Å². The lowest BCUT2D eigenvalue weighted by atomic mass is 9.97. The smallest absolute Gasteiger partial charge is 0.208 e.